The number of benzene rings is 2. The summed E-state index contributed by atoms with van der Waals surface area (Å²) in [7, 11) is 0. The zero-order valence-electron chi connectivity index (χ0n) is 17.7. The van der Waals surface area contributed by atoms with E-state index >= 15 is 0 Å². The molecule has 8 nitrogen and oxygen atoms in total. The smallest absolute Gasteiger partial charge is 0.407 e. The van der Waals surface area contributed by atoms with E-state index in [4.69, 9.17) is 9.84 Å². The van der Waals surface area contributed by atoms with Crippen molar-refractivity contribution in [3.63, 3.8) is 0 Å². The maximum atomic E-state index is 12.5. The summed E-state index contributed by atoms with van der Waals surface area (Å²) in [6, 6.07) is 14.7. The second-order valence-electron chi connectivity index (χ2n) is 7.64. The summed E-state index contributed by atoms with van der Waals surface area (Å²) in [5, 5.41) is 16.1. The Labute approximate surface area is 194 Å². The molecular weight excluding hydrogens is 442 g/mol. The molecular formula is C24H23N3O5S. The van der Waals surface area contributed by atoms with Gasteiger partial charge in [-0.15, -0.1) is 11.3 Å². The molecule has 0 bridgehead atoms. The van der Waals surface area contributed by atoms with Gasteiger partial charge < -0.3 is 20.5 Å². The Morgan fingerprint density at radius 1 is 1.06 bits per heavy atom. The second-order valence-corrected chi connectivity index (χ2v) is 8.36. The number of carbonyl (C=O) groups excluding carboxylic acids is 2. The zero-order chi connectivity index (χ0) is 23.2. The number of aromatic nitrogens is 1. The van der Waals surface area contributed by atoms with Crippen LogP contribution in [0.5, 0.6) is 0 Å². The molecule has 9 heteroatoms. The minimum atomic E-state index is -1.24. The number of alkyl carbamates (subject to hydrolysis) is 1. The van der Waals surface area contributed by atoms with Gasteiger partial charge in [0.2, 0.25) is 5.91 Å². The van der Waals surface area contributed by atoms with Crippen LogP contribution in [0.15, 0.2) is 59.4 Å². The fourth-order valence-corrected chi connectivity index (χ4v) is 4.56. The number of nitrogens with one attached hydrogen (secondary N) is 2. The summed E-state index contributed by atoms with van der Waals surface area (Å²) >= 11 is 1.45. The van der Waals surface area contributed by atoms with Gasteiger partial charge in [0.05, 0.1) is 17.6 Å². The van der Waals surface area contributed by atoms with Crippen LogP contribution in [0.1, 0.15) is 29.2 Å². The summed E-state index contributed by atoms with van der Waals surface area (Å²) in [6.07, 6.45) is -0.870. The standard InChI is InChI=1S/C24H23N3O5S/c28-22(29)11-21(23(30)25-10-9-15-13-33-14-26-15)27-24(31)32-12-20-18-7-3-1-5-16(18)17-6-2-4-8-19(17)20/h1-8,13-14,20-21H,9-12H2,(H,25,30)(H,27,31)(H,28,29). The van der Waals surface area contributed by atoms with E-state index in [-0.39, 0.29) is 19.1 Å². The lowest BCUT2D eigenvalue weighted by molar-refractivity contribution is -0.139. The number of nitrogens with zero attached hydrogens (tertiary/aromatic N) is 1. The van der Waals surface area contributed by atoms with Crippen molar-refractivity contribution < 1.29 is 24.2 Å². The van der Waals surface area contributed by atoms with Crippen LogP contribution in [0.2, 0.25) is 0 Å². The first-order valence-corrected chi connectivity index (χ1v) is 11.5. The van der Waals surface area contributed by atoms with Gasteiger partial charge in [-0.3, -0.25) is 9.59 Å². The monoisotopic (exact) mass is 465 g/mol. The van der Waals surface area contributed by atoms with E-state index in [9.17, 15) is 14.4 Å². The fourth-order valence-electron chi connectivity index (χ4n) is 3.96. The van der Waals surface area contributed by atoms with Crippen molar-refractivity contribution in [3.8, 4) is 11.1 Å². The molecule has 170 valence electrons. The molecule has 0 aliphatic heterocycles. The Morgan fingerprint density at radius 3 is 2.33 bits per heavy atom. The largest absolute Gasteiger partial charge is 0.481 e. The molecule has 4 rings (SSSR count). The minimum Gasteiger partial charge on any atom is -0.481 e. The predicted molar refractivity (Wildman–Crippen MR) is 123 cm³/mol. The molecule has 1 heterocycles. The van der Waals surface area contributed by atoms with Crippen molar-refractivity contribution in [2.75, 3.05) is 13.2 Å². The number of ether oxygens (including phenoxy) is 1. The van der Waals surface area contributed by atoms with Gasteiger partial charge in [0.15, 0.2) is 0 Å². The Balaban J connectivity index is 1.35. The predicted octanol–water partition coefficient (Wildman–Crippen LogP) is 3.18. The van der Waals surface area contributed by atoms with E-state index in [2.05, 4.69) is 15.6 Å². The lowest BCUT2D eigenvalue weighted by Crippen LogP contribution is -2.48. The average molecular weight is 466 g/mol. The first kappa shape index (κ1) is 22.5. The highest BCUT2D eigenvalue weighted by atomic mass is 32.1. The van der Waals surface area contributed by atoms with E-state index in [0.29, 0.717) is 6.42 Å². The number of hydrogen-bond donors (Lipinski definition) is 3. The molecule has 1 unspecified atom stereocenters. The van der Waals surface area contributed by atoms with Crippen LogP contribution in [0, 0.1) is 0 Å². The number of aliphatic carboxylic acids is 1. The first-order valence-electron chi connectivity index (χ1n) is 10.5. The molecule has 33 heavy (non-hydrogen) atoms. The third kappa shape index (κ3) is 5.38. The van der Waals surface area contributed by atoms with Gasteiger partial charge in [-0.05, 0) is 22.3 Å². The highest BCUT2D eigenvalue weighted by molar-refractivity contribution is 7.07. The Kier molecular flexibility index (Phi) is 6.99. The van der Waals surface area contributed by atoms with Gasteiger partial charge in [0.25, 0.3) is 0 Å². The molecule has 1 atom stereocenters. The van der Waals surface area contributed by atoms with Gasteiger partial charge in [0.1, 0.15) is 12.6 Å². The van der Waals surface area contributed by atoms with Crippen LogP contribution >= 0.6 is 11.3 Å². The number of amides is 2. The van der Waals surface area contributed by atoms with Gasteiger partial charge in [-0.1, -0.05) is 48.5 Å². The number of rotatable bonds is 9. The maximum absolute atomic E-state index is 12.5. The number of thiazole rings is 1. The van der Waals surface area contributed by atoms with Crippen molar-refractivity contribution in [2.24, 2.45) is 0 Å². The molecule has 2 aromatic carbocycles. The van der Waals surface area contributed by atoms with Gasteiger partial charge >= 0.3 is 12.1 Å². The molecule has 1 aliphatic carbocycles. The van der Waals surface area contributed by atoms with E-state index in [1.807, 2.05) is 53.9 Å². The van der Waals surface area contributed by atoms with Crippen LogP contribution < -0.4 is 10.6 Å². The normalized spacial score (nSPS) is 13.0. The summed E-state index contributed by atoms with van der Waals surface area (Å²) in [4.78, 5) is 40.3. The Bertz CT molecular complexity index is 1100. The summed E-state index contributed by atoms with van der Waals surface area (Å²) < 4.78 is 5.43. The van der Waals surface area contributed by atoms with Crippen LogP contribution in [0.25, 0.3) is 11.1 Å². The molecule has 1 aliphatic rings. The van der Waals surface area contributed by atoms with Gasteiger partial charge in [0, 0.05) is 24.3 Å². The van der Waals surface area contributed by atoms with E-state index in [0.717, 1.165) is 27.9 Å². The molecule has 0 spiro atoms. The van der Waals surface area contributed by atoms with Crippen molar-refractivity contribution in [1.29, 1.82) is 0 Å². The van der Waals surface area contributed by atoms with Crippen LogP contribution in [0.4, 0.5) is 4.79 Å². The van der Waals surface area contributed by atoms with E-state index in [1.54, 1.807) is 5.51 Å². The van der Waals surface area contributed by atoms with Crippen LogP contribution in [-0.4, -0.2) is 47.3 Å². The summed E-state index contributed by atoms with van der Waals surface area (Å²) in [6.45, 7) is 0.357. The number of carboxylic acids is 1. The highest BCUT2D eigenvalue weighted by Crippen LogP contribution is 2.44. The molecule has 0 saturated carbocycles. The van der Waals surface area contributed by atoms with E-state index < -0.39 is 30.4 Å². The summed E-state index contributed by atoms with van der Waals surface area (Å²) in [5.41, 5.74) is 6.86. The van der Waals surface area contributed by atoms with Crippen molar-refractivity contribution in [1.82, 2.24) is 15.6 Å². The van der Waals surface area contributed by atoms with Crippen LogP contribution in [-0.2, 0) is 20.7 Å². The molecule has 0 fully saturated rings. The minimum absolute atomic E-state index is 0.0745. The average Bonchev–Trinajstić information content (AvgIpc) is 3.43. The van der Waals surface area contributed by atoms with Crippen molar-refractivity contribution in [3.05, 3.63) is 76.2 Å². The quantitative estimate of drug-likeness (QED) is 0.447. The molecule has 3 N–H and O–H groups in total. The first-order chi connectivity index (χ1) is 16.0. The van der Waals surface area contributed by atoms with E-state index in [1.165, 1.54) is 11.3 Å². The SMILES string of the molecule is O=C(O)CC(NC(=O)OCC1c2ccccc2-c2ccccc21)C(=O)NCCc1cscn1. The molecule has 0 radical (unpaired) electrons. The fraction of sp³-hybridized carbons (Fsp3) is 0.250. The molecule has 0 saturated heterocycles. The third-order valence-electron chi connectivity index (χ3n) is 5.49. The van der Waals surface area contributed by atoms with Gasteiger partial charge in [-0.25, -0.2) is 9.78 Å². The topological polar surface area (TPSA) is 118 Å². The lowest BCUT2D eigenvalue weighted by Gasteiger charge is -2.18. The van der Waals surface area contributed by atoms with Crippen molar-refractivity contribution >= 4 is 29.3 Å². The number of fused-ring (bicyclic) bond motifs is 3. The third-order valence-corrected chi connectivity index (χ3v) is 6.13. The molecule has 1 aromatic heterocycles. The molecule has 2 amide bonds. The number of hydrogen-bond acceptors (Lipinski definition) is 6. The number of carbonyl (C=O) groups is 3. The van der Waals surface area contributed by atoms with Crippen molar-refractivity contribution in [2.45, 2.75) is 24.8 Å². The molecule has 3 aromatic rings. The van der Waals surface area contributed by atoms with Crippen LogP contribution in [0.3, 0.4) is 0 Å². The number of carboxylic acid groups (broad SMARTS) is 1. The Hall–Kier alpha value is -3.72. The highest BCUT2D eigenvalue weighted by Gasteiger charge is 2.30. The zero-order valence-corrected chi connectivity index (χ0v) is 18.5. The lowest BCUT2D eigenvalue weighted by atomic mass is 9.98. The Morgan fingerprint density at radius 2 is 1.73 bits per heavy atom. The summed E-state index contributed by atoms with van der Waals surface area (Å²) in [5.74, 6) is -1.91. The second kappa shape index (κ2) is 10.3. The van der Waals surface area contributed by atoms with Gasteiger partial charge in [-0.2, -0.15) is 0 Å². The maximum Gasteiger partial charge on any atom is 0.407 e.